The minimum Gasteiger partial charge on any atom is -0.493 e. The summed E-state index contributed by atoms with van der Waals surface area (Å²) in [4.78, 5) is 24.0. The summed E-state index contributed by atoms with van der Waals surface area (Å²) in [5, 5.41) is 3.23. The number of pyridine rings is 1. The highest BCUT2D eigenvalue weighted by Crippen LogP contribution is 2.30. The zero-order valence-corrected chi connectivity index (χ0v) is 15.6. The Bertz CT molecular complexity index is 1090. The van der Waals surface area contributed by atoms with Crippen molar-refractivity contribution >= 4 is 22.5 Å². The first-order chi connectivity index (χ1) is 13.8. The Morgan fingerprint density at radius 2 is 1.86 bits per heavy atom. The third kappa shape index (κ3) is 4.96. The molecule has 0 aliphatic rings. The summed E-state index contributed by atoms with van der Waals surface area (Å²) in [6.07, 6.45) is -4.06. The fourth-order valence-corrected chi connectivity index (χ4v) is 2.91. The molecule has 3 rings (SSSR count). The third-order valence-electron chi connectivity index (χ3n) is 4.40. The molecule has 0 aliphatic heterocycles. The molecule has 29 heavy (non-hydrogen) atoms. The molecule has 1 N–H and O–H groups in total. The summed E-state index contributed by atoms with van der Waals surface area (Å²) in [5.41, 5.74) is -0.210. The molecule has 1 aromatic heterocycles. The first kappa shape index (κ1) is 20.4. The molecule has 0 fully saturated rings. The van der Waals surface area contributed by atoms with E-state index >= 15 is 0 Å². The van der Waals surface area contributed by atoms with Gasteiger partial charge in [-0.15, -0.1) is 0 Å². The van der Waals surface area contributed by atoms with Gasteiger partial charge < -0.3 is 14.6 Å². The van der Waals surface area contributed by atoms with E-state index in [-0.39, 0.29) is 24.3 Å². The van der Waals surface area contributed by atoms with E-state index in [0.29, 0.717) is 12.2 Å². The van der Waals surface area contributed by atoms with Gasteiger partial charge in [0.25, 0.3) is 5.56 Å². The highest BCUT2D eigenvalue weighted by Gasteiger charge is 2.30. The molecular formula is C21H19F3N2O3. The van der Waals surface area contributed by atoms with Crippen LogP contribution in [-0.4, -0.2) is 17.1 Å². The Hall–Kier alpha value is -3.29. The van der Waals surface area contributed by atoms with Gasteiger partial charge >= 0.3 is 6.18 Å². The van der Waals surface area contributed by atoms with Crippen LogP contribution < -0.4 is 15.6 Å². The lowest BCUT2D eigenvalue weighted by Crippen LogP contribution is -2.17. The molecule has 2 aromatic carbocycles. The lowest BCUT2D eigenvalue weighted by molar-refractivity contribution is -0.137. The maximum Gasteiger partial charge on any atom is 0.416 e. The summed E-state index contributed by atoms with van der Waals surface area (Å²) in [6.45, 7) is 0.188. The number of aryl methyl sites for hydroxylation is 1. The maximum atomic E-state index is 12.7. The number of anilines is 1. The summed E-state index contributed by atoms with van der Waals surface area (Å²) in [5.74, 6) is 0.0174. The SMILES string of the molecule is Cn1c(=O)cc(OCCCC(=O)Nc2cccc(C(F)(F)F)c2)c2ccccc21. The van der Waals surface area contributed by atoms with E-state index in [0.717, 1.165) is 23.0 Å². The fraction of sp³-hybridized carbons (Fsp3) is 0.238. The van der Waals surface area contributed by atoms with E-state index in [9.17, 15) is 22.8 Å². The number of hydrogen-bond acceptors (Lipinski definition) is 3. The second-order valence-corrected chi connectivity index (χ2v) is 6.50. The summed E-state index contributed by atoms with van der Waals surface area (Å²) < 4.78 is 45.4. The maximum absolute atomic E-state index is 12.7. The van der Waals surface area contributed by atoms with Crippen LogP contribution in [-0.2, 0) is 18.0 Å². The molecule has 0 atom stereocenters. The number of fused-ring (bicyclic) bond motifs is 1. The molecule has 1 heterocycles. The van der Waals surface area contributed by atoms with E-state index < -0.39 is 17.6 Å². The smallest absolute Gasteiger partial charge is 0.416 e. The number of carbonyl (C=O) groups excluding carboxylic acids is 1. The summed E-state index contributed by atoms with van der Waals surface area (Å²) >= 11 is 0. The quantitative estimate of drug-likeness (QED) is 0.622. The van der Waals surface area contributed by atoms with Crippen molar-refractivity contribution in [2.24, 2.45) is 7.05 Å². The third-order valence-corrected chi connectivity index (χ3v) is 4.40. The van der Waals surface area contributed by atoms with Gasteiger partial charge in [0.2, 0.25) is 5.91 Å². The number of carbonyl (C=O) groups is 1. The lowest BCUT2D eigenvalue weighted by Gasteiger charge is -2.12. The average molecular weight is 404 g/mol. The van der Waals surface area contributed by atoms with Crippen molar-refractivity contribution in [2.45, 2.75) is 19.0 Å². The van der Waals surface area contributed by atoms with Crippen molar-refractivity contribution in [2.75, 3.05) is 11.9 Å². The number of rotatable bonds is 6. The van der Waals surface area contributed by atoms with Gasteiger partial charge in [0.05, 0.1) is 17.7 Å². The lowest BCUT2D eigenvalue weighted by atomic mass is 10.2. The fourth-order valence-electron chi connectivity index (χ4n) is 2.91. The van der Waals surface area contributed by atoms with E-state index in [1.54, 1.807) is 7.05 Å². The van der Waals surface area contributed by atoms with Gasteiger partial charge in [-0.25, -0.2) is 0 Å². The number of para-hydroxylation sites is 1. The zero-order valence-electron chi connectivity index (χ0n) is 15.6. The van der Waals surface area contributed by atoms with Gasteiger partial charge in [0, 0.05) is 30.6 Å². The second kappa shape index (κ2) is 8.38. The van der Waals surface area contributed by atoms with Gasteiger partial charge in [-0.3, -0.25) is 9.59 Å². The number of hydrogen-bond donors (Lipinski definition) is 1. The molecule has 0 radical (unpaired) electrons. The van der Waals surface area contributed by atoms with Crippen molar-refractivity contribution in [3.63, 3.8) is 0 Å². The highest BCUT2D eigenvalue weighted by molar-refractivity contribution is 5.90. The van der Waals surface area contributed by atoms with Gasteiger partial charge in [0.1, 0.15) is 5.75 Å². The van der Waals surface area contributed by atoms with Gasteiger partial charge in [0.15, 0.2) is 0 Å². The van der Waals surface area contributed by atoms with Crippen LogP contribution in [0, 0.1) is 0 Å². The van der Waals surface area contributed by atoms with Crippen LogP contribution in [0.15, 0.2) is 59.4 Å². The van der Waals surface area contributed by atoms with Gasteiger partial charge in [-0.1, -0.05) is 18.2 Å². The number of nitrogens with one attached hydrogen (secondary N) is 1. The zero-order chi connectivity index (χ0) is 21.0. The normalized spacial score (nSPS) is 11.4. The van der Waals surface area contributed by atoms with Crippen LogP contribution in [0.5, 0.6) is 5.75 Å². The number of nitrogens with zero attached hydrogens (tertiary/aromatic N) is 1. The van der Waals surface area contributed by atoms with Crippen LogP contribution in [0.3, 0.4) is 0 Å². The summed E-state index contributed by atoms with van der Waals surface area (Å²) in [6, 6.07) is 13.2. The Morgan fingerprint density at radius 3 is 2.62 bits per heavy atom. The van der Waals surface area contributed by atoms with E-state index in [2.05, 4.69) is 5.32 Å². The number of amides is 1. The van der Waals surface area contributed by atoms with Crippen LogP contribution in [0.4, 0.5) is 18.9 Å². The number of halogens is 3. The predicted molar refractivity (Wildman–Crippen MR) is 104 cm³/mol. The molecule has 152 valence electrons. The molecule has 1 amide bonds. The monoisotopic (exact) mass is 404 g/mol. The Balaban J connectivity index is 1.56. The Morgan fingerprint density at radius 1 is 1.10 bits per heavy atom. The molecular weight excluding hydrogens is 385 g/mol. The minimum atomic E-state index is -4.47. The Kier molecular flexibility index (Phi) is 5.91. The molecule has 0 spiro atoms. The Labute approximate surface area is 164 Å². The molecule has 0 aliphatic carbocycles. The molecule has 0 saturated carbocycles. The van der Waals surface area contributed by atoms with Crippen molar-refractivity contribution in [3.05, 3.63) is 70.5 Å². The first-order valence-corrected chi connectivity index (χ1v) is 8.94. The van der Waals surface area contributed by atoms with Gasteiger partial charge in [-0.05, 0) is 36.8 Å². The van der Waals surface area contributed by atoms with E-state index in [4.69, 9.17) is 4.74 Å². The number of alkyl halides is 3. The van der Waals surface area contributed by atoms with Crippen molar-refractivity contribution < 1.29 is 22.7 Å². The number of ether oxygens (including phenoxy) is 1. The van der Waals surface area contributed by atoms with E-state index in [1.165, 1.54) is 22.8 Å². The predicted octanol–water partition coefficient (Wildman–Crippen LogP) is 4.36. The molecule has 5 nitrogen and oxygen atoms in total. The average Bonchev–Trinajstić information content (AvgIpc) is 2.68. The molecule has 0 unspecified atom stereocenters. The van der Waals surface area contributed by atoms with Gasteiger partial charge in [-0.2, -0.15) is 13.2 Å². The van der Waals surface area contributed by atoms with Crippen molar-refractivity contribution in [1.82, 2.24) is 4.57 Å². The van der Waals surface area contributed by atoms with Crippen LogP contribution in [0.25, 0.3) is 10.9 Å². The molecule has 0 saturated heterocycles. The first-order valence-electron chi connectivity index (χ1n) is 8.94. The minimum absolute atomic E-state index is 0.0685. The van der Waals surface area contributed by atoms with Crippen molar-refractivity contribution in [3.8, 4) is 5.75 Å². The molecule has 8 heteroatoms. The largest absolute Gasteiger partial charge is 0.493 e. The number of aromatic nitrogens is 1. The molecule has 0 bridgehead atoms. The standard InChI is InChI=1S/C21H19F3N2O3/c1-26-17-9-3-2-8-16(17)18(13-20(26)28)29-11-5-10-19(27)25-15-7-4-6-14(12-15)21(22,23)24/h2-4,6-9,12-13H,5,10-11H2,1H3,(H,25,27). The highest BCUT2D eigenvalue weighted by atomic mass is 19.4. The van der Waals surface area contributed by atoms with Crippen molar-refractivity contribution in [1.29, 1.82) is 0 Å². The topological polar surface area (TPSA) is 60.3 Å². The van der Waals surface area contributed by atoms with Crippen LogP contribution >= 0.6 is 0 Å². The van der Waals surface area contributed by atoms with Crippen LogP contribution in [0.2, 0.25) is 0 Å². The molecule has 3 aromatic rings. The van der Waals surface area contributed by atoms with E-state index in [1.807, 2.05) is 24.3 Å². The van der Waals surface area contributed by atoms with Crippen LogP contribution in [0.1, 0.15) is 18.4 Å². The second-order valence-electron chi connectivity index (χ2n) is 6.50. The summed E-state index contributed by atoms with van der Waals surface area (Å²) in [7, 11) is 1.67. The number of benzene rings is 2.